The predicted octanol–water partition coefficient (Wildman–Crippen LogP) is 3.56. The third-order valence-corrected chi connectivity index (χ3v) is 7.59. The number of hydrogen-bond donors (Lipinski definition) is 5. The molecular weight excluding hydrogens is 597 g/mol. The number of ether oxygens (including phenoxy) is 1. The Morgan fingerprint density at radius 3 is 2.21 bits per heavy atom. The number of nitrogens with one attached hydrogen (secondary N) is 2. The fourth-order valence-corrected chi connectivity index (χ4v) is 4.67. The van der Waals surface area contributed by atoms with Crippen LogP contribution < -0.4 is 20.8 Å². The molecule has 4 aromatic rings. The number of hydrogen-bond acceptors (Lipinski definition) is 8. The molecule has 47 heavy (non-hydrogen) atoms. The summed E-state index contributed by atoms with van der Waals surface area (Å²) in [5.74, 6) is 2.96. The molecule has 2 amide bonds. The fraction of sp³-hybridized carbons (Fsp3) is 0.314. The van der Waals surface area contributed by atoms with Crippen molar-refractivity contribution in [2.24, 2.45) is 5.92 Å². The predicted molar refractivity (Wildman–Crippen MR) is 184 cm³/mol. The Hall–Kier alpha value is -4.94. The van der Waals surface area contributed by atoms with Crippen molar-refractivity contribution in [3.8, 4) is 17.2 Å². The van der Waals surface area contributed by atoms with E-state index in [0.717, 1.165) is 52.6 Å². The molecule has 0 radical (unpaired) electrons. The normalized spacial score (nSPS) is 11.1. The first kappa shape index (κ1) is 36.5. The molecule has 0 aliphatic carbocycles. The lowest BCUT2D eigenvalue weighted by Gasteiger charge is -2.18. The Labute approximate surface area is 276 Å². The Kier molecular flexibility index (Phi) is 13.7. The van der Waals surface area contributed by atoms with E-state index in [-0.39, 0.29) is 17.6 Å². The molecule has 0 bridgehead atoms. The van der Waals surface area contributed by atoms with Crippen molar-refractivity contribution in [3.05, 3.63) is 102 Å². The average Bonchev–Trinajstić information content (AvgIpc) is 3.43. The van der Waals surface area contributed by atoms with Crippen LogP contribution in [0.15, 0.2) is 73.3 Å². The summed E-state index contributed by atoms with van der Waals surface area (Å²) in [6.07, 6.45) is 2.59. The van der Waals surface area contributed by atoms with E-state index in [9.17, 15) is 14.7 Å². The van der Waals surface area contributed by atoms with Crippen molar-refractivity contribution >= 4 is 30.0 Å². The van der Waals surface area contributed by atoms with Crippen LogP contribution in [0.2, 0.25) is 0 Å². The zero-order valence-electron chi connectivity index (χ0n) is 27.7. The van der Waals surface area contributed by atoms with Crippen LogP contribution in [0, 0.1) is 12.8 Å². The molecule has 1 heterocycles. The Morgan fingerprint density at radius 2 is 1.62 bits per heavy atom. The van der Waals surface area contributed by atoms with Crippen LogP contribution in [-0.2, 0) is 11.2 Å². The molecule has 12 heteroatoms. The maximum absolute atomic E-state index is 11.7. The molecule has 0 aliphatic heterocycles. The lowest BCUT2D eigenvalue weighted by molar-refractivity contribution is -0.118. The zero-order chi connectivity index (χ0) is 34.5. The van der Waals surface area contributed by atoms with Crippen LogP contribution >= 0.6 is 0 Å². The van der Waals surface area contributed by atoms with Gasteiger partial charge in [0.05, 0.1) is 12.8 Å². The summed E-state index contributed by atoms with van der Waals surface area (Å²) in [6.45, 7) is 13.1. The van der Waals surface area contributed by atoms with Crippen molar-refractivity contribution in [3.63, 3.8) is 0 Å². The first-order valence-corrected chi connectivity index (χ1v) is 15.5. The molecule has 11 nitrogen and oxygen atoms in total. The van der Waals surface area contributed by atoms with Gasteiger partial charge in [-0.25, -0.2) is 0 Å². The van der Waals surface area contributed by atoms with Crippen LogP contribution in [0.25, 0.3) is 11.3 Å². The van der Waals surface area contributed by atoms with E-state index in [1.807, 2.05) is 37.3 Å². The molecular formula is C35H44BN5O6. The van der Waals surface area contributed by atoms with Crippen molar-refractivity contribution < 1.29 is 29.5 Å². The molecule has 0 aliphatic rings. The number of phenolic OH excluding ortho intramolecular Hbond substituents is 1. The number of aromatic hydroxyl groups is 1. The second kappa shape index (κ2) is 17.7. The lowest BCUT2D eigenvalue weighted by atomic mass is 9.80. The summed E-state index contributed by atoms with van der Waals surface area (Å²) in [7, 11) is 0.121. The number of phenols is 1. The highest BCUT2D eigenvalue weighted by Gasteiger charge is 2.19. The van der Waals surface area contributed by atoms with Gasteiger partial charge in [-0.15, -0.1) is 10.2 Å². The standard InChI is InChI=1S/C23H27N3O2.C12H17BN2O4/c1-6-15(2)13-23-25-24-17(4)26(23)22-12-11-20(28-5)14-21(22)16(3)18-7-9-19(27)10-8-18;1-9(16)14-7-2-8-15-12(17)10-3-5-11(6-4-10)13(18)19/h7-12,14-15,27H,3,6,13H2,1-2,4-5H3;3-6,18-19H,2,7-8H2,1H3,(H,14,16)(H,15,17). The number of aryl methyl sites for hydroxylation is 1. The van der Waals surface area contributed by atoms with Crippen molar-refractivity contribution in [2.45, 2.75) is 47.0 Å². The van der Waals surface area contributed by atoms with Crippen LogP contribution in [0.5, 0.6) is 11.5 Å². The first-order chi connectivity index (χ1) is 22.4. The topological polar surface area (TPSA) is 159 Å². The third-order valence-electron chi connectivity index (χ3n) is 7.59. The molecule has 4 rings (SSSR count). The van der Waals surface area contributed by atoms with E-state index in [2.05, 4.69) is 45.8 Å². The minimum Gasteiger partial charge on any atom is -0.508 e. The van der Waals surface area contributed by atoms with Gasteiger partial charge in [-0.1, -0.05) is 51.1 Å². The van der Waals surface area contributed by atoms with Gasteiger partial charge >= 0.3 is 7.12 Å². The summed E-state index contributed by atoms with van der Waals surface area (Å²) in [5.41, 5.74) is 4.47. The zero-order valence-corrected chi connectivity index (χ0v) is 27.7. The monoisotopic (exact) mass is 641 g/mol. The number of carbonyl (C=O) groups excluding carboxylic acids is 2. The van der Waals surface area contributed by atoms with E-state index in [1.165, 1.54) is 31.2 Å². The number of carbonyl (C=O) groups is 2. The third kappa shape index (κ3) is 10.6. The SMILES string of the molecule is C=C(c1ccc(O)cc1)c1cc(OC)ccc1-n1c(C)nnc1CC(C)CC.CC(=O)NCCCNC(=O)c1ccc(B(O)O)cc1. The van der Waals surface area contributed by atoms with Crippen LogP contribution in [-0.4, -0.2) is 69.1 Å². The van der Waals surface area contributed by atoms with Gasteiger partial charge in [0.25, 0.3) is 5.91 Å². The van der Waals surface area contributed by atoms with Gasteiger partial charge in [0.1, 0.15) is 23.1 Å². The molecule has 0 spiro atoms. The maximum Gasteiger partial charge on any atom is 0.488 e. The fourth-order valence-electron chi connectivity index (χ4n) is 4.67. The lowest BCUT2D eigenvalue weighted by Crippen LogP contribution is -2.31. The molecule has 5 N–H and O–H groups in total. The summed E-state index contributed by atoms with van der Waals surface area (Å²) in [5, 5.41) is 41.5. The van der Waals surface area contributed by atoms with E-state index >= 15 is 0 Å². The number of benzene rings is 3. The largest absolute Gasteiger partial charge is 0.508 e. The second-order valence-electron chi connectivity index (χ2n) is 11.2. The van der Waals surface area contributed by atoms with Crippen molar-refractivity contribution in [2.75, 3.05) is 20.2 Å². The van der Waals surface area contributed by atoms with E-state index in [4.69, 9.17) is 14.8 Å². The minimum atomic E-state index is -1.53. The van der Waals surface area contributed by atoms with Crippen LogP contribution in [0.1, 0.15) is 66.7 Å². The van der Waals surface area contributed by atoms with Crippen LogP contribution in [0.4, 0.5) is 0 Å². The van der Waals surface area contributed by atoms with E-state index < -0.39 is 7.12 Å². The number of rotatable bonds is 13. The number of amides is 2. The molecule has 1 unspecified atom stereocenters. The summed E-state index contributed by atoms with van der Waals surface area (Å²) in [4.78, 5) is 22.3. The van der Waals surface area contributed by atoms with Gasteiger partial charge in [0.15, 0.2) is 0 Å². The molecule has 248 valence electrons. The number of aromatic nitrogens is 3. The highest BCUT2D eigenvalue weighted by Crippen LogP contribution is 2.32. The second-order valence-corrected chi connectivity index (χ2v) is 11.2. The highest BCUT2D eigenvalue weighted by molar-refractivity contribution is 6.58. The Morgan fingerprint density at radius 1 is 0.979 bits per heavy atom. The molecule has 1 aromatic heterocycles. The van der Waals surface area contributed by atoms with Crippen LogP contribution in [0.3, 0.4) is 0 Å². The molecule has 0 saturated heterocycles. The Balaban J connectivity index is 0.000000277. The molecule has 0 fully saturated rings. The first-order valence-electron chi connectivity index (χ1n) is 15.5. The van der Waals surface area contributed by atoms with E-state index in [1.54, 1.807) is 19.2 Å². The highest BCUT2D eigenvalue weighted by atomic mass is 16.5. The van der Waals surface area contributed by atoms with Gasteiger partial charge < -0.3 is 30.5 Å². The number of methoxy groups -OCH3 is 1. The summed E-state index contributed by atoms with van der Waals surface area (Å²) < 4.78 is 7.56. The summed E-state index contributed by atoms with van der Waals surface area (Å²) >= 11 is 0. The molecule has 3 aromatic carbocycles. The Bertz CT molecular complexity index is 1640. The minimum absolute atomic E-state index is 0.0931. The van der Waals surface area contributed by atoms with Gasteiger partial charge in [0.2, 0.25) is 5.91 Å². The molecule has 1 atom stereocenters. The number of nitrogens with zero attached hydrogens (tertiary/aromatic N) is 3. The quantitative estimate of drug-likeness (QED) is 0.110. The van der Waals surface area contributed by atoms with Gasteiger partial charge in [-0.05, 0) is 78.3 Å². The van der Waals surface area contributed by atoms with Gasteiger partial charge in [-0.3, -0.25) is 14.2 Å². The smallest absolute Gasteiger partial charge is 0.488 e. The molecule has 0 saturated carbocycles. The maximum atomic E-state index is 11.7. The average molecular weight is 642 g/mol. The van der Waals surface area contributed by atoms with E-state index in [0.29, 0.717) is 36.5 Å². The van der Waals surface area contributed by atoms with Gasteiger partial charge in [0, 0.05) is 37.6 Å². The van der Waals surface area contributed by atoms with Crippen molar-refractivity contribution in [1.29, 1.82) is 0 Å². The van der Waals surface area contributed by atoms with Gasteiger partial charge in [-0.2, -0.15) is 0 Å². The summed E-state index contributed by atoms with van der Waals surface area (Å²) in [6, 6.07) is 19.0. The van der Waals surface area contributed by atoms with Crippen molar-refractivity contribution in [1.82, 2.24) is 25.4 Å².